The van der Waals surface area contributed by atoms with Gasteiger partial charge in [0.25, 0.3) is 0 Å². The van der Waals surface area contributed by atoms with E-state index in [1.165, 1.54) is 17.4 Å². The molecule has 78 heavy (non-hydrogen) atoms. The third kappa shape index (κ3) is 17.4. The second-order valence-corrected chi connectivity index (χ2v) is 20.4. The van der Waals surface area contributed by atoms with Gasteiger partial charge in [-0.3, -0.25) is 29.3 Å². The topological polar surface area (TPSA) is 232 Å². The van der Waals surface area contributed by atoms with Gasteiger partial charge in [0.15, 0.2) is 11.5 Å². The van der Waals surface area contributed by atoms with Gasteiger partial charge in [0, 0.05) is 24.6 Å². The van der Waals surface area contributed by atoms with Crippen LogP contribution in [-0.2, 0) is 38.2 Å². The molecule has 19 heteroatoms. The number of rotatable bonds is 28. The van der Waals surface area contributed by atoms with Gasteiger partial charge < -0.3 is 37.9 Å². The molecule has 2 saturated carbocycles. The number of esters is 6. The van der Waals surface area contributed by atoms with Crippen molar-refractivity contribution in [3.8, 4) is 34.5 Å². The molecule has 0 amide bonds. The molecule has 3 aliphatic rings. The summed E-state index contributed by atoms with van der Waals surface area (Å²) >= 11 is 1.23. The van der Waals surface area contributed by atoms with Crippen LogP contribution in [0.3, 0.4) is 0 Å². The number of hydrogen-bond donors (Lipinski definition) is 0. The number of carbonyl (C=O) groups excluding carboxylic acids is 6. The van der Waals surface area contributed by atoms with E-state index < -0.39 is 52.5 Å². The Morgan fingerprint density at radius 2 is 0.923 bits per heavy atom. The summed E-state index contributed by atoms with van der Waals surface area (Å²) in [5, 5.41) is 12.0. The number of unbranched alkanes of at least 4 members (excludes halogenated alkanes) is 6. The number of nitrogens with zero attached hydrogens (tertiary/aromatic N) is 2. The van der Waals surface area contributed by atoms with E-state index in [4.69, 9.17) is 42.9 Å². The average molecular weight is 1090 g/mol. The van der Waals surface area contributed by atoms with E-state index in [0.717, 1.165) is 69.1 Å². The molecule has 414 valence electrons. The Balaban J connectivity index is 0.875. The normalized spacial score (nSPS) is 18.0. The van der Waals surface area contributed by atoms with E-state index in [1.54, 1.807) is 66.7 Å². The van der Waals surface area contributed by atoms with Crippen LogP contribution in [0.25, 0.3) is 15.8 Å². The molecule has 0 saturated heterocycles. The fourth-order valence-electron chi connectivity index (χ4n) is 9.30. The van der Waals surface area contributed by atoms with E-state index in [2.05, 4.69) is 13.2 Å². The van der Waals surface area contributed by atoms with Gasteiger partial charge >= 0.3 is 35.8 Å². The van der Waals surface area contributed by atoms with Crippen molar-refractivity contribution >= 4 is 62.9 Å². The molecule has 2 fully saturated rings. The third-order valence-corrected chi connectivity index (χ3v) is 15.0. The highest BCUT2D eigenvalue weighted by Gasteiger charge is 2.35. The number of fused-ring (bicyclic) bond motifs is 1. The van der Waals surface area contributed by atoms with Crippen molar-refractivity contribution in [2.75, 3.05) is 26.4 Å². The van der Waals surface area contributed by atoms with Crippen molar-refractivity contribution in [1.82, 2.24) is 4.98 Å². The SMILES string of the molecule is C=CC(=O)OCCCCCCOc1ccc(OC(=O)C2CCC(C(=O)Oc3ccc(OC(=O)C4CCC(C(=O)Oc5ccc(OCCCCCCOC(=O)C=C)cc5)CC4)c4sc(C5=CC=C([N+](=O)[O-])CC5)nc34)CC2)cc1. The summed E-state index contributed by atoms with van der Waals surface area (Å²) in [6, 6.07) is 16.8. The van der Waals surface area contributed by atoms with Crippen molar-refractivity contribution in [1.29, 1.82) is 0 Å². The Morgan fingerprint density at radius 1 is 0.526 bits per heavy atom. The predicted octanol–water partition coefficient (Wildman–Crippen LogP) is 11.6. The summed E-state index contributed by atoms with van der Waals surface area (Å²) in [6.45, 7) is 8.52. The largest absolute Gasteiger partial charge is 0.494 e. The number of carbonyl (C=O) groups is 6. The lowest BCUT2D eigenvalue weighted by Crippen LogP contribution is -2.30. The van der Waals surface area contributed by atoms with Gasteiger partial charge in [-0.1, -0.05) is 13.2 Å². The average Bonchev–Trinajstić information content (AvgIpc) is 3.99. The minimum Gasteiger partial charge on any atom is -0.494 e. The summed E-state index contributed by atoms with van der Waals surface area (Å²) in [5.41, 5.74) is 1.13. The van der Waals surface area contributed by atoms with Gasteiger partial charge in [0.1, 0.15) is 38.2 Å². The standard InChI is InChI=1S/C59H66N2O16S/c1-3-51(62)72-37-11-7-5-9-35-70-45-25-29-47(30-26-45)74-56(64)40-13-17-42(18-14-40)58(66)76-49-33-34-50(54-53(49)60-55(78-54)39-21-23-44(24-22-39)61(68)69)77-59(67)43-19-15-41(16-20-43)57(65)75-48-31-27-46(28-32-48)71-36-10-6-8-12-38-73-52(63)4-2/h3-4,21,23,25-34,40-43H,1-2,5-20,22,24,35-38H2. The Kier molecular flexibility index (Phi) is 22.1. The minimum absolute atomic E-state index is 0.0834. The maximum atomic E-state index is 13.8. The summed E-state index contributed by atoms with van der Waals surface area (Å²) in [6.07, 6.45) is 16.1. The molecule has 0 atom stereocenters. The molecule has 1 aromatic heterocycles. The molecule has 0 unspecified atom stereocenters. The zero-order chi connectivity index (χ0) is 55.2. The Morgan fingerprint density at radius 3 is 1.33 bits per heavy atom. The summed E-state index contributed by atoms with van der Waals surface area (Å²) < 4.78 is 45.5. The highest BCUT2D eigenvalue weighted by molar-refractivity contribution is 7.20. The van der Waals surface area contributed by atoms with Gasteiger partial charge in [-0.2, -0.15) is 0 Å². The Labute approximate surface area is 456 Å². The molecule has 0 spiro atoms. The molecular weight excluding hydrogens is 1020 g/mol. The quantitative estimate of drug-likeness (QED) is 0.0128. The van der Waals surface area contributed by atoms with Crippen molar-refractivity contribution in [2.45, 2.75) is 116 Å². The number of nitro groups is 1. The predicted molar refractivity (Wildman–Crippen MR) is 288 cm³/mol. The van der Waals surface area contributed by atoms with Crippen LogP contribution >= 0.6 is 11.3 Å². The maximum Gasteiger partial charge on any atom is 0.330 e. The molecule has 0 aliphatic heterocycles. The van der Waals surface area contributed by atoms with Crippen molar-refractivity contribution < 1.29 is 71.6 Å². The smallest absolute Gasteiger partial charge is 0.330 e. The second-order valence-electron chi connectivity index (χ2n) is 19.4. The van der Waals surface area contributed by atoms with E-state index in [1.807, 2.05) is 0 Å². The molecule has 18 nitrogen and oxygen atoms in total. The number of ether oxygens (including phenoxy) is 8. The Bertz CT molecular complexity index is 2660. The van der Waals surface area contributed by atoms with Crippen LogP contribution in [0.15, 0.2) is 104 Å². The highest BCUT2D eigenvalue weighted by Crippen LogP contribution is 2.43. The van der Waals surface area contributed by atoms with Crippen LogP contribution in [0.1, 0.15) is 121 Å². The first kappa shape index (κ1) is 58.0. The molecule has 4 aromatic rings. The fourth-order valence-corrected chi connectivity index (χ4v) is 10.4. The van der Waals surface area contributed by atoms with E-state index in [9.17, 15) is 38.9 Å². The molecule has 3 aliphatic carbocycles. The molecular formula is C59H66N2O16S. The maximum absolute atomic E-state index is 13.8. The molecule has 3 aromatic carbocycles. The lowest BCUT2D eigenvalue weighted by atomic mass is 9.82. The molecule has 0 radical (unpaired) electrons. The lowest BCUT2D eigenvalue weighted by Gasteiger charge is -2.26. The fraction of sp³-hybridized carbons (Fsp3) is 0.441. The first-order valence-corrected chi connectivity index (χ1v) is 27.6. The van der Waals surface area contributed by atoms with Crippen LogP contribution in [-0.4, -0.2) is 72.2 Å². The van der Waals surface area contributed by atoms with Gasteiger partial charge in [0.2, 0.25) is 5.70 Å². The summed E-state index contributed by atoms with van der Waals surface area (Å²) in [4.78, 5) is 92.0. The Hall–Kier alpha value is -7.67. The lowest BCUT2D eigenvalue weighted by molar-refractivity contribution is -0.427. The van der Waals surface area contributed by atoms with Gasteiger partial charge in [0.05, 0.1) is 55.0 Å². The third-order valence-electron chi connectivity index (χ3n) is 13.8. The van der Waals surface area contributed by atoms with E-state index in [0.29, 0.717) is 122 Å². The highest BCUT2D eigenvalue weighted by atomic mass is 32.1. The minimum atomic E-state index is -0.493. The van der Waals surface area contributed by atoms with Gasteiger partial charge in [-0.25, -0.2) is 14.6 Å². The van der Waals surface area contributed by atoms with Crippen LogP contribution in [0.2, 0.25) is 0 Å². The zero-order valence-electron chi connectivity index (χ0n) is 43.7. The zero-order valence-corrected chi connectivity index (χ0v) is 44.5. The summed E-state index contributed by atoms with van der Waals surface area (Å²) in [7, 11) is 0. The van der Waals surface area contributed by atoms with Crippen molar-refractivity contribution in [3.63, 3.8) is 0 Å². The number of aromatic nitrogens is 1. The number of thiazole rings is 1. The first-order valence-electron chi connectivity index (χ1n) is 26.8. The van der Waals surface area contributed by atoms with Gasteiger partial charge in [-0.15, -0.1) is 11.3 Å². The molecule has 7 rings (SSSR count). The molecule has 0 bridgehead atoms. The number of benzene rings is 3. The van der Waals surface area contributed by atoms with E-state index in [-0.39, 0.29) is 35.6 Å². The number of hydrogen-bond acceptors (Lipinski definition) is 18. The molecule has 0 N–H and O–H groups in total. The van der Waals surface area contributed by atoms with Crippen LogP contribution < -0.4 is 28.4 Å². The van der Waals surface area contributed by atoms with Crippen LogP contribution in [0, 0.1) is 33.8 Å². The second kappa shape index (κ2) is 29.7. The first-order chi connectivity index (χ1) is 37.9. The summed E-state index contributed by atoms with van der Waals surface area (Å²) in [5.74, 6) is -1.85. The molecule has 1 heterocycles. The monoisotopic (exact) mass is 1090 g/mol. The van der Waals surface area contributed by atoms with E-state index >= 15 is 0 Å². The van der Waals surface area contributed by atoms with Crippen LogP contribution in [0.4, 0.5) is 0 Å². The van der Waals surface area contributed by atoms with Crippen molar-refractivity contribution in [2.24, 2.45) is 23.7 Å². The number of allylic oxidation sites excluding steroid dienone is 4. The van der Waals surface area contributed by atoms with Crippen molar-refractivity contribution in [3.05, 3.63) is 119 Å². The van der Waals surface area contributed by atoms with Crippen LogP contribution in [0.5, 0.6) is 34.5 Å². The van der Waals surface area contributed by atoms with Gasteiger partial charge in [-0.05, 0) is 181 Å².